The quantitative estimate of drug-likeness (QED) is 0.723. The summed E-state index contributed by atoms with van der Waals surface area (Å²) in [5, 5.41) is 15.2. The van der Waals surface area contributed by atoms with Gasteiger partial charge in [-0.25, -0.2) is 0 Å². The second-order valence-electron chi connectivity index (χ2n) is 3.95. The first kappa shape index (κ1) is 12.5. The number of rotatable bonds is 4. The van der Waals surface area contributed by atoms with Crippen LogP contribution in [0.15, 0.2) is 18.2 Å². The molecule has 1 rings (SSSR count). The van der Waals surface area contributed by atoms with Gasteiger partial charge in [-0.15, -0.1) is 0 Å². The number of phenolic OH excluding ortho intramolecular Hbond substituents is 1. The van der Waals surface area contributed by atoms with Gasteiger partial charge in [0.05, 0.1) is 0 Å². The van der Waals surface area contributed by atoms with E-state index in [1.807, 2.05) is 20.9 Å². The van der Waals surface area contributed by atoms with Crippen LogP contribution in [-0.2, 0) is 4.79 Å². The van der Waals surface area contributed by atoms with E-state index in [1.165, 1.54) is 0 Å². The standard InChI is InChI=1S/C12H18N2O2/c1-8-4-5-10(6-11(8)15)14-12(16)9(2)7-13-3/h4-6,9,13,15H,7H2,1-3H3,(H,14,16). The Balaban J connectivity index is 2.66. The van der Waals surface area contributed by atoms with E-state index in [9.17, 15) is 9.90 Å². The van der Waals surface area contributed by atoms with Crippen molar-refractivity contribution in [3.63, 3.8) is 0 Å². The highest BCUT2D eigenvalue weighted by molar-refractivity contribution is 5.92. The van der Waals surface area contributed by atoms with Crippen molar-refractivity contribution in [2.24, 2.45) is 5.92 Å². The molecule has 1 aromatic carbocycles. The monoisotopic (exact) mass is 222 g/mol. The van der Waals surface area contributed by atoms with Gasteiger partial charge in [-0.05, 0) is 25.6 Å². The molecule has 0 fully saturated rings. The highest BCUT2D eigenvalue weighted by Crippen LogP contribution is 2.21. The van der Waals surface area contributed by atoms with Crippen LogP contribution in [0.1, 0.15) is 12.5 Å². The van der Waals surface area contributed by atoms with E-state index >= 15 is 0 Å². The molecule has 0 radical (unpaired) electrons. The van der Waals surface area contributed by atoms with Crippen molar-refractivity contribution in [3.05, 3.63) is 23.8 Å². The second-order valence-corrected chi connectivity index (χ2v) is 3.95. The van der Waals surface area contributed by atoms with Crippen molar-refractivity contribution in [1.29, 1.82) is 0 Å². The number of aryl methyl sites for hydroxylation is 1. The molecule has 0 aromatic heterocycles. The van der Waals surface area contributed by atoms with Crippen LogP contribution in [0.4, 0.5) is 5.69 Å². The summed E-state index contributed by atoms with van der Waals surface area (Å²) in [7, 11) is 1.81. The first-order valence-electron chi connectivity index (χ1n) is 5.29. The molecular weight excluding hydrogens is 204 g/mol. The van der Waals surface area contributed by atoms with Gasteiger partial charge in [0.1, 0.15) is 5.75 Å². The molecule has 4 nitrogen and oxygen atoms in total. The topological polar surface area (TPSA) is 61.4 Å². The van der Waals surface area contributed by atoms with Gasteiger partial charge in [-0.2, -0.15) is 0 Å². The van der Waals surface area contributed by atoms with Crippen molar-refractivity contribution >= 4 is 11.6 Å². The number of benzene rings is 1. The summed E-state index contributed by atoms with van der Waals surface area (Å²) in [6.45, 7) is 4.29. The highest BCUT2D eigenvalue weighted by atomic mass is 16.3. The maximum absolute atomic E-state index is 11.7. The van der Waals surface area contributed by atoms with Gasteiger partial charge in [0.2, 0.25) is 5.91 Å². The lowest BCUT2D eigenvalue weighted by atomic mass is 10.1. The Morgan fingerprint density at radius 1 is 1.50 bits per heavy atom. The van der Waals surface area contributed by atoms with Crippen LogP contribution in [0.5, 0.6) is 5.75 Å². The summed E-state index contributed by atoms with van der Waals surface area (Å²) in [6.07, 6.45) is 0. The van der Waals surface area contributed by atoms with Crippen LogP contribution in [0.3, 0.4) is 0 Å². The summed E-state index contributed by atoms with van der Waals surface area (Å²) < 4.78 is 0. The Kier molecular flexibility index (Phi) is 4.31. The maximum Gasteiger partial charge on any atom is 0.228 e. The van der Waals surface area contributed by atoms with Crippen molar-refractivity contribution < 1.29 is 9.90 Å². The fourth-order valence-corrected chi connectivity index (χ4v) is 1.35. The van der Waals surface area contributed by atoms with Gasteiger partial charge in [0.25, 0.3) is 0 Å². The maximum atomic E-state index is 11.7. The molecule has 1 unspecified atom stereocenters. The van der Waals surface area contributed by atoms with E-state index < -0.39 is 0 Å². The average Bonchev–Trinajstić information content (AvgIpc) is 2.24. The van der Waals surface area contributed by atoms with E-state index in [2.05, 4.69) is 10.6 Å². The first-order chi connectivity index (χ1) is 7.54. The van der Waals surface area contributed by atoms with E-state index in [0.29, 0.717) is 12.2 Å². The minimum absolute atomic E-state index is 0.0578. The lowest BCUT2D eigenvalue weighted by Crippen LogP contribution is -2.28. The lowest BCUT2D eigenvalue weighted by molar-refractivity contribution is -0.119. The van der Waals surface area contributed by atoms with Crippen molar-refractivity contribution in [2.75, 3.05) is 18.9 Å². The molecule has 1 aromatic rings. The fraction of sp³-hybridized carbons (Fsp3) is 0.417. The average molecular weight is 222 g/mol. The van der Waals surface area contributed by atoms with E-state index in [4.69, 9.17) is 0 Å². The molecule has 0 heterocycles. The van der Waals surface area contributed by atoms with Crippen LogP contribution in [-0.4, -0.2) is 24.6 Å². The molecular formula is C12H18N2O2. The van der Waals surface area contributed by atoms with Gasteiger partial charge in [0, 0.05) is 24.2 Å². The zero-order valence-corrected chi connectivity index (χ0v) is 9.87. The van der Waals surface area contributed by atoms with E-state index in [1.54, 1.807) is 18.2 Å². The highest BCUT2D eigenvalue weighted by Gasteiger charge is 2.12. The zero-order chi connectivity index (χ0) is 12.1. The number of phenols is 1. The third kappa shape index (κ3) is 3.24. The molecule has 0 aliphatic heterocycles. The summed E-state index contributed by atoms with van der Waals surface area (Å²) in [4.78, 5) is 11.7. The fourth-order valence-electron chi connectivity index (χ4n) is 1.35. The molecule has 1 atom stereocenters. The Bertz CT molecular complexity index is 377. The van der Waals surface area contributed by atoms with E-state index in [0.717, 1.165) is 5.56 Å². The van der Waals surface area contributed by atoms with Crippen LogP contribution in [0, 0.1) is 12.8 Å². The number of hydrogen-bond donors (Lipinski definition) is 3. The van der Waals surface area contributed by atoms with Crippen molar-refractivity contribution in [1.82, 2.24) is 5.32 Å². The lowest BCUT2D eigenvalue weighted by Gasteiger charge is -2.12. The number of nitrogens with one attached hydrogen (secondary N) is 2. The van der Waals surface area contributed by atoms with Gasteiger partial charge in [0.15, 0.2) is 0 Å². The molecule has 0 spiro atoms. The van der Waals surface area contributed by atoms with Crippen molar-refractivity contribution in [2.45, 2.75) is 13.8 Å². The smallest absolute Gasteiger partial charge is 0.228 e. The minimum Gasteiger partial charge on any atom is -0.508 e. The summed E-state index contributed by atoms with van der Waals surface area (Å²) in [5.74, 6) is 0.0325. The summed E-state index contributed by atoms with van der Waals surface area (Å²) >= 11 is 0. The number of aromatic hydroxyl groups is 1. The third-order valence-electron chi connectivity index (χ3n) is 2.43. The SMILES string of the molecule is CNCC(C)C(=O)Nc1ccc(C)c(O)c1. The molecule has 1 amide bonds. The number of anilines is 1. The molecule has 0 saturated carbocycles. The number of carbonyl (C=O) groups excluding carboxylic acids is 1. The molecule has 3 N–H and O–H groups in total. The van der Waals surface area contributed by atoms with Gasteiger partial charge in [-0.3, -0.25) is 4.79 Å². The molecule has 0 aliphatic rings. The van der Waals surface area contributed by atoms with Crippen LogP contribution in [0.25, 0.3) is 0 Å². The minimum atomic E-state index is -0.103. The Morgan fingerprint density at radius 3 is 2.75 bits per heavy atom. The Labute approximate surface area is 95.7 Å². The van der Waals surface area contributed by atoms with Crippen LogP contribution in [0.2, 0.25) is 0 Å². The van der Waals surface area contributed by atoms with Crippen LogP contribution < -0.4 is 10.6 Å². The van der Waals surface area contributed by atoms with Crippen molar-refractivity contribution in [3.8, 4) is 5.75 Å². The summed E-state index contributed by atoms with van der Waals surface area (Å²) in [6, 6.07) is 5.10. The first-order valence-corrected chi connectivity index (χ1v) is 5.29. The zero-order valence-electron chi connectivity index (χ0n) is 9.87. The van der Waals surface area contributed by atoms with E-state index in [-0.39, 0.29) is 17.6 Å². The number of amides is 1. The molecule has 0 saturated heterocycles. The number of carbonyl (C=O) groups is 1. The molecule has 88 valence electrons. The Hall–Kier alpha value is -1.55. The normalized spacial score (nSPS) is 12.2. The molecule has 0 aliphatic carbocycles. The van der Waals surface area contributed by atoms with Gasteiger partial charge < -0.3 is 15.7 Å². The number of hydrogen-bond acceptors (Lipinski definition) is 3. The molecule has 4 heteroatoms. The molecule has 16 heavy (non-hydrogen) atoms. The van der Waals surface area contributed by atoms with Crippen LogP contribution >= 0.6 is 0 Å². The Morgan fingerprint density at radius 2 is 2.19 bits per heavy atom. The van der Waals surface area contributed by atoms with Gasteiger partial charge >= 0.3 is 0 Å². The van der Waals surface area contributed by atoms with Gasteiger partial charge in [-0.1, -0.05) is 13.0 Å². The second kappa shape index (κ2) is 5.51. The largest absolute Gasteiger partial charge is 0.508 e. The predicted molar refractivity (Wildman–Crippen MR) is 64.6 cm³/mol. The predicted octanol–water partition coefficient (Wildman–Crippen LogP) is 1.49. The summed E-state index contributed by atoms with van der Waals surface area (Å²) in [5.41, 5.74) is 1.41. The third-order valence-corrected chi connectivity index (χ3v) is 2.43. The molecule has 0 bridgehead atoms.